The number of hydrogen-bond donors (Lipinski definition) is 2. The van der Waals surface area contributed by atoms with Crippen LogP contribution in [0.3, 0.4) is 0 Å². The van der Waals surface area contributed by atoms with E-state index in [-0.39, 0.29) is 13.2 Å². The third kappa shape index (κ3) is 12.3. The van der Waals surface area contributed by atoms with Crippen LogP contribution in [0.4, 0.5) is 0 Å². The lowest BCUT2D eigenvalue weighted by molar-refractivity contribution is 0.0364. The zero-order valence-corrected chi connectivity index (χ0v) is 9.25. The third-order valence-corrected chi connectivity index (χ3v) is 1.75. The van der Waals surface area contributed by atoms with E-state index in [1.165, 1.54) is 0 Å². The molecule has 0 aromatic rings. The van der Waals surface area contributed by atoms with E-state index in [1.54, 1.807) is 0 Å². The number of halogens is 1. The van der Waals surface area contributed by atoms with Crippen molar-refractivity contribution in [3.63, 3.8) is 0 Å². The predicted octanol–water partition coefficient (Wildman–Crippen LogP) is 0.368. The van der Waals surface area contributed by atoms with Crippen LogP contribution in [0.2, 0.25) is 0 Å². The summed E-state index contributed by atoms with van der Waals surface area (Å²) in [6.45, 7) is 1.20. The van der Waals surface area contributed by atoms with Crippen molar-refractivity contribution in [2.24, 2.45) is 0 Å². The van der Waals surface area contributed by atoms with Gasteiger partial charge in [0.15, 0.2) is 0 Å². The smallest absolute Gasteiger partial charge is 0.378 e. The fourth-order valence-corrected chi connectivity index (χ4v) is 1.01. The number of ether oxygens (including phenoxy) is 2. The van der Waals surface area contributed by atoms with Crippen molar-refractivity contribution in [1.82, 2.24) is 0 Å². The van der Waals surface area contributed by atoms with Gasteiger partial charge in [-0.1, -0.05) is 0 Å². The van der Waals surface area contributed by atoms with E-state index in [2.05, 4.69) is 4.52 Å². The van der Waals surface area contributed by atoms with Crippen LogP contribution in [0.25, 0.3) is 0 Å². The Balaban J connectivity index is 3.03. The highest BCUT2D eigenvalue weighted by Gasteiger charge is 2.12. The van der Waals surface area contributed by atoms with Crippen LogP contribution in [-0.4, -0.2) is 48.7 Å². The Morgan fingerprint density at radius 3 is 2.00 bits per heavy atom. The van der Waals surface area contributed by atoms with Gasteiger partial charge in [-0.2, -0.15) is 0 Å². The molecule has 6 nitrogen and oxygen atoms in total. The average molecular weight is 249 g/mol. The lowest BCUT2D eigenvalue weighted by Crippen LogP contribution is -2.09. The van der Waals surface area contributed by atoms with Crippen LogP contribution in [-0.2, 0) is 18.6 Å². The monoisotopic (exact) mass is 248 g/mol. The second-order valence-corrected chi connectivity index (χ2v) is 3.85. The summed E-state index contributed by atoms with van der Waals surface area (Å²) in [6, 6.07) is 0. The van der Waals surface area contributed by atoms with Crippen LogP contribution in [0.15, 0.2) is 0 Å². The average Bonchev–Trinajstić information content (AvgIpc) is 2.08. The van der Waals surface area contributed by atoms with Crippen molar-refractivity contribution < 1.29 is 28.3 Å². The molecular weight excluding hydrogens is 234 g/mol. The fraction of sp³-hybridized carbons (Fsp3) is 1.00. The van der Waals surface area contributed by atoms with E-state index >= 15 is 0 Å². The Hall–Kier alpha value is 0.320. The lowest BCUT2D eigenvalue weighted by Gasteiger charge is -2.06. The first kappa shape index (κ1) is 14.3. The molecule has 0 saturated heterocycles. The Morgan fingerprint density at radius 2 is 1.50 bits per heavy atom. The molecule has 0 heterocycles. The molecule has 0 saturated carbocycles. The van der Waals surface area contributed by atoms with Crippen LogP contribution in [0, 0.1) is 0 Å². The highest BCUT2D eigenvalue weighted by molar-refractivity contribution is 7.46. The van der Waals surface area contributed by atoms with Crippen molar-refractivity contribution in [3.8, 4) is 0 Å². The van der Waals surface area contributed by atoms with Gasteiger partial charge < -0.3 is 19.3 Å². The summed E-state index contributed by atoms with van der Waals surface area (Å²) in [5, 5.41) is 0. The molecular formula is C6H14ClO6P. The van der Waals surface area contributed by atoms with Gasteiger partial charge in [-0.15, -0.1) is 11.6 Å². The van der Waals surface area contributed by atoms with Gasteiger partial charge in [-0.3, -0.25) is 4.52 Å². The van der Waals surface area contributed by atoms with Gasteiger partial charge in [0, 0.05) is 5.88 Å². The van der Waals surface area contributed by atoms with Crippen LogP contribution >= 0.6 is 19.4 Å². The molecule has 0 aliphatic rings. The normalized spacial score (nSPS) is 11.9. The largest absolute Gasteiger partial charge is 0.469 e. The van der Waals surface area contributed by atoms with Gasteiger partial charge in [0.05, 0.1) is 33.0 Å². The maximum Gasteiger partial charge on any atom is 0.469 e. The maximum atomic E-state index is 10.2. The molecule has 0 aliphatic heterocycles. The van der Waals surface area contributed by atoms with Crippen molar-refractivity contribution in [3.05, 3.63) is 0 Å². The van der Waals surface area contributed by atoms with Gasteiger partial charge in [0.2, 0.25) is 0 Å². The molecule has 86 valence electrons. The molecule has 0 spiro atoms. The summed E-state index contributed by atoms with van der Waals surface area (Å²) in [7, 11) is -4.36. The number of phosphoric acid groups is 1. The minimum absolute atomic E-state index is 0.120. The van der Waals surface area contributed by atoms with Gasteiger partial charge in [-0.25, -0.2) is 4.57 Å². The van der Waals surface area contributed by atoms with E-state index in [9.17, 15) is 4.57 Å². The molecule has 8 heteroatoms. The molecule has 0 aliphatic carbocycles. The second kappa shape index (κ2) is 8.61. The lowest BCUT2D eigenvalue weighted by atomic mass is 10.7. The first-order valence-electron chi connectivity index (χ1n) is 3.98. The van der Waals surface area contributed by atoms with Gasteiger partial charge >= 0.3 is 7.82 Å². The molecule has 0 atom stereocenters. The van der Waals surface area contributed by atoms with E-state index in [4.69, 9.17) is 30.9 Å². The van der Waals surface area contributed by atoms with Crippen LogP contribution in [0.5, 0.6) is 0 Å². The van der Waals surface area contributed by atoms with E-state index in [0.29, 0.717) is 25.7 Å². The van der Waals surface area contributed by atoms with Crippen molar-refractivity contribution in [2.45, 2.75) is 0 Å². The Morgan fingerprint density at radius 1 is 1.00 bits per heavy atom. The zero-order chi connectivity index (χ0) is 10.9. The number of alkyl halides is 1. The molecule has 14 heavy (non-hydrogen) atoms. The maximum absolute atomic E-state index is 10.2. The summed E-state index contributed by atoms with van der Waals surface area (Å²) in [5.41, 5.74) is 0. The molecule has 0 unspecified atom stereocenters. The standard InChI is InChI=1S/C6H14ClO6P/c7-1-2-11-3-4-12-5-6-13-14(8,9)10/h1-6H2,(H2,8,9,10). The number of rotatable bonds is 9. The van der Waals surface area contributed by atoms with Gasteiger partial charge in [0.1, 0.15) is 0 Å². The SMILES string of the molecule is O=P(O)(O)OCCOCCOCCCl. The number of hydrogen-bond acceptors (Lipinski definition) is 4. The van der Waals surface area contributed by atoms with E-state index < -0.39 is 7.82 Å². The number of phosphoric ester groups is 1. The minimum atomic E-state index is -4.36. The van der Waals surface area contributed by atoms with Crippen molar-refractivity contribution in [2.75, 3.05) is 38.9 Å². The molecule has 0 radical (unpaired) electrons. The van der Waals surface area contributed by atoms with Crippen LogP contribution in [0.1, 0.15) is 0 Å². The van der Waals surface area contributed by atoms with E-state index in [1.807, 2.05) is 0 Å². The summed E-state index contributed by atoms with van der Waals surface area (Å²) in [4.78, 5) is 16.6. The molecule has 0 rings (SSSR count). The van der Waals surface area contributed by atoms with Gasteiger partial charge in [-0.05, 0) is 0 Å². The molecule has 2 N–H and O–H groups in total. The highest BCUT2D eigenvalue weighted by Crippen LogP contribution is 2.35. The summed E-state index contributed by atoms with van der Waals surface area (Å²) in [6.07, 6.45) is 0. The minimum Gasteiger partial charge on any atom is -0.378 e. The highest BCUT2D eigenvalue weighted by atomic mass is 35.5. The topological polar surface area (TPSA) is 85.2 Å². The molecule has 0 bridgehead atoms. The summed E-state index contributed by atoms with van der Waals surface area (Å²) >= 11 is 5.34. The first-order valence-corrected chi connectivity index (χ1v) is 6.04. The summed E-state index contributed by atoms with van der Waals surface area (Å²) < 4.78 is 24.2. The molecule has 0 amide bonds. The van der Waals surface area contributed by atoms with E-state index in [0.717, 1.165) is 0 Å². The Kier molecular flexibility index (Phi) is 8.81. The Bertz CT molecular complexity index is 172. The fourth-order valence-electron chi connectivity index (χ4n) is 0.592. The van der Waals surface area contributed by atoms with Gasteiger partial charge in [0.25, 0.3) is 0 Å². The molecule has 0 fully saturated rings. The molecule has 0 aromatic carbocycles. The zero-order valence-electron chi connectivity index (χ0n) is 7.60. The second-order valence-electron chi connectivity index (χ2n) is 2.24. The van der Waals surface area contributed by atoms with Crippen LogP contribution < -0.4 is 0 Å². The van der Waals surface area contributed by atoms with Crippen molar-refractivity contribution >= 4 is 19.4 Å². The predicted molar refractivity (Wildman–Crippen MR) is 50.4 cm³/mol. The third-order valence-electron chi connectivity index (χ3n) is 1.08. The Labute approximate surface area is 87.3 Å². The summed E-state index contributed by atoms with van der Waals surface area (Å²) in [5.74, 6) is 0.432. The molecule has 0 aromatic heterocycles. The first-order chi connectivity index (χ1) is 6.56. The quantitative estimate of drug-likeness (QED) is 0.348. The van der Waals surface area contributed by atoms with Crippen molar-refractivity contribution in [1.29, 1.82) is 0 Å².